The van der Waals surface area contributed by atoms with Crippen LogP contribution in [0.4, 0.5) is 0 Å². The molecule has 148 valence electrons. The molecule has 0 amide bonds. The number of aromatic hydroxyl groups is 1. The van der Waals surface area contributed by atoms with Gasteiger partial charge in [0.15, 0.2) is 11.5 Å². The minimum Gasteiger partial charge on any atom is -0.508 e. The summed E-state index contributed by atoms with van der Waals surface area (Å²) in [7, 11) is 3.16. The van der Waals surface area contributed by atoms with E-state index >= 15 is 0 Å². The van der Waals surface area contributed by atoms with Gasteiger partial charge in [-0.15, -0.1) is 0 Å². The number of hydrogen-bond donors (Lipinski definition) is 1. The minimum absolute atomic E-state index is 0.164. The van der Waals surface area contributed by atoms with Gasteiger partial charge in [0.25, 0.3) is 0 Å². The summed E-state index contributed by atoms with van der Waals surface area (Å²) in [5.41, 5.74) is 2.32. The summed E-state index contributed by atoms with van der Waals surface area (Å²) >= 11 is 0. The number of benzene rings is 2. The molecule has 0 aliphatic heterocycles. The summed E-state index contributed by atoms with van der Waals surface area (Å²) in [4.78, 5) is 12.1. The highest BCUT2D eigenvalue weighted by Crippen LogP contribution is 2.36. The molecule has 0 aliphatic carbocycles. The first-order valence-electron chi connectivity index (χ1n) is 9.59. The number of phenols is 1. The van der Waals surface area contributed by atoms with Gasteiger partial charge in [0, 0.05) is 17.5 Å². The molecule has 3 rings (SSSR count). The standard InChI is InChI=1S/C23H26O5/c1-4-5-6-7-8-16-11-18-17(13-23(25)28-21(18)14-19(16)24)15-9-10-20(26-2)22(12-15)27-3/h9-14,24H,4-8H2,1-3H3. The van der Waals surface area contributed by atoms with Crippen molar-refractivity contribution in [3.8, 4) is 28.4 Å². The molecule has 28 heavy (non-hydrogen) atoms. The number of methoxy groups -OCH3 is 2. The van der Waals surface area contributed by atoms with Crippen molar-refractivity contribution in [1.82, 2.24) is 0 Å². The first kappa shape index (κ1) is 19.8. The number of unbranched alkanes of at least 4 members (excludes halogenated alkanes) is 3. The van der Waals surface area contributed by atoms with Crippen molar-refractivity contribution in [1.29, 1.82) is 0 Å². The van der Waals surface area contributed by atoms with Crippen LogP contribution in [0.2, 0.25) is 0 Å². The zero-order valence-electron chi connectivity index (χ0n) is 16.6. The summed E-state index contributed by atoms with van der Waals surface area (Å²) in [6.07, 6.45) is 5.26. The second-order valence-electron chi connectivity index (χ2n) is 6.84. The average Bonchev–Trinajstić information content (AvgIpc) is 2.70. The van der Waals surface area contributed by atoms with Gasteiger partial charge in [0.2, 0.25) is 0 Å². The molecule has 0 atom stereocenters. The number of ether oxygens (including phenoxy) is 2. The van der Waals surface area contributed by atoms with Gasteiger partial charge < -0.3 is 19.0 Å². The number of aryl methyl sites for hydroxylation is 1. The summed E-state index contributed by atoms with van der Waals surface area (Å²) < 4.78 is 16.0. The van der Waals surface area contributed by atoms with Gasteiger partial charge in [-0.25, -0.2) is 4.79 Å². The van der Waals surface area contributed by atoms with Crippen molar-refractivity contribution in [3.05, 3.63) is 52.4 Å². The first-order chi connectivity index (χ1) is 13.6. The number of rotatable bonds is 8. The molecule has 1 N–H and O–H groups in total. The van der Waals surface area contributed by atoms with E-state index in [2.05, 4.69) is 6.92 Å². The Morgan fingerprint density at radius 2 is 1.75 bits per heavy atom. The van der Waals surface area contributed by atoms with E-state index in [0.717, 1.165) is 47.8 Å². The lowest BCUT2D eigenvalue weighted by atomic mass is 9.97. The first-order valence-corrected chi connectivity index (χ1v) is 9.59. The summed E-state index contributed by atoms with van der Waals surface area (Å²) in [5, 5.41) is 11.2. The van der Waals surface area contributed by atoms with Gasteiger partial charge in [-0.05, 0) is 47.7 Å². The van der Waals surface area contributed by atoms with E-state index in [0.29, 0.717) is 17.1 Å². The average molecular weight is 382 g/mol. The fourth-order valence-corrected chi connectivity index (χ4v) is 3.43. The zero-order chi connectivity index (χ0) is 20.1. The van der Waals surface area contributed by atoms with Crippen LogP contribution < -0.4 is 15.1 Å². The van der Waals surface area contributed by atoms with Crippen LogP contribution in [0.3, 0.4) is 0 Å². The van der Waals surface area contributed by atoms with Gasteiger partial charge in [0.05, 0.1) is 14.2 Å². The van der Waals surface area contributed by atoms with Crippen molar-refractivity contribution in [2.24, 2.45) is 0 Å². The molecule has 5 heteroatoms. The molecule has 3 aromatic rings. The Bertz CT molecular complexity index is 1020. The molecular weight excluding hydrogens is 356 g/mol. The van der Waals surface area contributed by atoms with Gasteiger partial charge in [-0.3, -0.25) is 0 Å². The van der Waals surface area contributed by atoms with E-state index in [4.69, 9.17) is 13.9 Å². The van der Waals surface area contributed by atoms with E-state index in [9.17, 15) is 9.90 Å². The molecular formula is C23H26O5. The van der Waals surface area contributed by atoms with Gasteiger partial charge >= 0.3 is 5.63 Å². The summed E-state index contributed by atoms with van der Waals surface area (Å²) in [6.45, 7) is 2.17. The van der Waals surface area contributed by atoms with Crippen molar-refractivity contribution in [2.75, 3.05) is 14.2 Å². The molecule has 0 unspecified atom stereocenters. The van der Waals surface area contributed by atoms with Crippen LogP contribution in [0.15, 0.2) is 45.6 Å². The number of hydrogen-bond acceptors (Lipinski definition) is 5. The maximum absolute atomic E-state index is 12.1. The predicted molar refractivity (Wildman–Crippen MR) is 111 cm³/mol. The third-order valence-electron chi connectivity index (χ3n) is 4.94. The van der Waals surface area contributed by atoms with Crippen LogP contribution in [0.25, 0.3) is 22.1 Å². The maximum atomic E-state index is 12.1. The molecule has 0 bridgehead atoms. The maximum Gasteiger partial charge on any atom is 0.336 e. The van der Waals surface area contributed by atoms with Crippen LogP contribution in [-0.4, -0.2) is 19.3 Å². The molecule has 0 saturated heterocycles. The molecule has 0 fully saturated rings. The molecule has 1 aromatic heterocycles. The normalized spacial score (nSPS) is 11.0. The van der Waals surface area contributed by atoms with Crippen LogP contribution in [0.1, 0.15) is 38.2 Å². The fourth-order valence-electron chi connectivity index (χ4n) is 3.43. The van der Waals surface area contributed by atoms with E-state index in [1.165, 1.54) is 18.6 Å². The minimum atomic E-state index is -0.465. The van der Waals surface area contributed by atoms with E-state index in [1.807, 2.05) is 18.2 Å². The highest BCUT2D eigenvalue weighted by Gasteiger charge is 2.14. The predicted octanol–water partition coefficient (Wildman–Crippen LogP) is 5.31. The molecule has 2 aromatic carbocycles. The van der Waals surface area contributed by atoms with Crippen LogP contribution in [0.5, 0.6) is 17.2 Å². The highest BCUT2D eigenvalue weighted by molar-refractivity contribution is 5.94. The van der Waals surface area contributed by atoms with Crippen molar-refractivity contribution in [2.45, 2.75) is 39.0 Å². The van der Waals surface area contributed by atoms with E-state index in [1.54, 1.807) is 20.3 Å². The van der Waals surface area contributed by atoms with Crippen LogP contribution in [-0.2, 0) is 6.42 Å². The third kappa shape index (κ3) is 4.14. The Morgan fingerprint density at radius 3 is 2.46 bits per heavy atom. The lowest BCUT2D eigenvalue weighted by Crippen LogP contribution is -2.00. The molecule has 5 nitrogen and oxygen atoms in total. The molecule has 0 aliphatic rings. The Labute approximate surface area is 164 Å². The topological polar surface area (TPSA) is 68.9 Å². The molecule has 0 radical (unpaired) electrons. The van der Waals surface area contributed by atoms with Crippen LogP contribution in [0, 0.1) is 0 Å². The lowest BCUT2D eigenvalue weighted by molar-refractivity contribution is 0.355. The third-order valence-corrected chi connectivity index (χ3v) is 4.94. The zero-order valence-corrected chi connectivity index (χ0v) is 16.6. The van der Waals surface area contributed by atoms with Crippen molar-refractivity contribution >= 4 is 11.0 Å². The van der Waals surface area contributed by atoms with Gasteiger partial charge in [0.1, 0.15) is 11.3 Å². The lowest BCUT2D eigenvalue weighted by Gasteiger charge is -2.12. The van der Waals surface area contributed by atoms with Crippen molar-refractivity contribution in [3.63, 3.8) is 0 Å². The Kier molecular flexibility index (Phi) is 6.24. The Morgan fingerprint density at radius 1 is 0.964 bits per heavy atom. The fraction of sp³-hybridized carbons (Fsp3) is 0.348. The van der Waals surface area contributed by atoms with Gasteiger partial charge in [-0.1, -0.05) is 32.3 Å². The smallest absolute Gasteiger partial charge is 0.336 e. The van der Waals surface area contributed by atoms with Gasteiger partial charge in [-0.2, -0.15) is 0 Å². The van der Waals surface area contributed by atoms with Crippen LogP contribution >= 0.6 is 0 Å². The number of phenolic OH excluding ortho intramolecular Hbond substituents is 1. The Hall–Kier alpha value is -2.95. The molecule has 0 spiro atoms. The molecule has 1 heterocycles. The summed E-state index contributed by atoms with van der Waals surface area (Å²) in [5.74, 6) is 1.37. The molecule has 0 saturated carbocycles. The number of fused-ring (bicyclic) bond motifs is 1. The summed E-state index contributed by atoms with van der Waals surface area (Å²) in [6, 6.07) is 10.5. The van der Waals surface area contributed by atoms with E-state index < -0.39 is 5.63 Å². The Balaban J connectivity index is 2.10. The largest absolute Gasteiger partial charge is 0.508 e. The van der Waals surface area contributed by atoms with Crippen molar-refractivity contribution < 1.29 is 19.0 Å². The second kappa shape index (κ2) is 8.83. The monoisotopic (exact) mass is 382 g/mol. The second-order valence-corrected chi connectivity index (χ2v) is 6.84. The SMILES string of the molecule is CCCCCCc1cc2c(-c3ccc(OC)c(OC)c3)cc(=O)oc2cc1O. The highest BCUT2D eigenvalue weighted by atomic mass is 16.5. The quantitative estimate of drug-likeness (QED) is 0.423. The van der Waals surface area contributed by atoms with E-state index in [-0.39, 0.29) is 5.75 Å².